The van der Waals surface area contributed by atoms with Crippen LogP contribution >= 0.6 is 12.2 Å². The molecule has 0 amide bonds. The Morgan fingerprint density at radius 2 is 1.47 bits per heavy atom. The molecule has 2 aliphatic heterocycles. The van der Waals surface area contributed by atoms with Crippen molar-refractivity contribution in [3.8, 4) is 0 Å². The molecule has 3 N–H and O–H groups in total. The second-order valence-corrected chi connectivity index (χ2v) is 9.81. The van der Waals surface area contributed by atoms with E-state index in [2.05, 4.69) is 16.2 Å². The van der Waals surface area contributed by atoms with Gasteiger partial charge in [-0.15, -0.1) is 0 Å². The Kier molecular flexibility index (Phi) is 4.33. The highest BCUT2D eigenvalue weighted by atomic mass is 32.2. The molecule has 0 radical (unpaired) electrons. The quantitative estimate of drug-likeness (QED) is 0.417. The van der Waals surface area contributed by atoms with Gasteiger partial charge in [0.05, 0.1) is 23.0 Å². The van der Waals surface area contributed by atoms with Gasteiger partial charge in [-0.1, -0.05) is 0 Å². The van der Waals surface area contributed by atoms with Gasteiger partial charge in [-0.05, 0) is 25.1 Å². The molecule has 110 valence electrons. The van der Waals surface area contributed by atoms with E-state index >= 15 is 0 Å². The van der Waals surface area contributed by atoms with Crippen molar-refractivity contribution in [1.29, 1.82) is 0 Å². The van der Waals surface area contributed by atoms with Crippen LogP contribution in [0.3, 0.4) is 0 Å². The summed E-state index contributed by atoms with van der Waals surface area (Å²) >= 11 is 5.03. The van der Waals surface area contributed by atoms with Crippen molar-refractivity contribution in [2.24, 2.45) is 0 Å². The molecule has 2 fully saturated rings. The molecule has 10 heteroatoms. The van der Waals surface area contributed by atoms with Crippen LogP contribution in [-0.2, 0) is 19.7 Å². The number of hydrogen-bond donors (Lipinski definition) is 3. The van der Waals surface area contributed by atoms with E-state index in [1.165, 1.54) is 0 Å². The molecule has 19 heavy (non-hydrogen) atoms. The summed E-state index contributed by atoms with van der Waals surface area (Å²) in [4.78, 5) is 0. The van der Waals surface area contributed by atoms with E-state index in [1.54, 1.807) is 0 Å². The molecule has 7 nitrogen and oxygen atoms in total. The zero-order valence-corrected chi connectivity index (χ0v) is 12.7. The Balaban J connectivity index is 1.71. The van der Waals surface area contributed by atoms with Gasteiger partial charge in [0, 0.05) is 12.1 Å². The van der Waals surface area contributed by atoms with Gasteiger partial charge in [0.1, 0.15) is 0 Å². The molecule has 0 bridgehead atoms. The number of nitrogens with one attached hydrogen (secondary N) is 3. The molecular weight excluding hydrogens is 310 g/mol. The number of sulfone groups is 2. The largest absolute Gasteiger partial charge is 0.358 e. The van der Waals surface area contributed by atoms with Gasteiger partial charge in [0.15, 0.2) is 24.8 Å². The van der Waals surface area contributed by atoms with Gasteiger partial charge in [0.2, 0.25) is 0 Å². The van der Waals surface area contributed by atoms with E-state index in [4.69, 9.17) is 12.2 Å². The molecular formula is C9H17N3O4S3. The SMILES string of the molecule is O=S1(=O)CCC(NNC(=S)NC2CCS(=O)(=O)C2)C1. The van der Waals surface area contributed by atoms with E-state index in [-0.39, 0.29) is 35.1 Å². The first-order chi connectivity index (χ1) is 8.76. The lowest BCUT2D eigenvalue weighted by Gasteiger charge is -2.17. The highest BCUT2D eigenvalue weighted by Crippen LogP contribution is 2.11. The van der Waals surface area contributed by atoms with Crippen molar-refractivity contribution in [2.75, 3.05) is 23.0 Å². The second-order valence-electron chi connectivity index (χ2n) is 4.94. The number of thiocarbonyl (C=S) groups is 1. The molecule has 2 aliphatic rings. The molecule has 2 unspecified atom stereocenters. The smallest absolute Gasteiger partial charge is 0.181 e. The first-order valence-electron chi connectivity index (χ1n) is 5.99. The zero-order chi connectivity index (χ0) is 14.1. The maximum absolute atomic E-state index is 11.3. The summed E-state index contributed by atoms with van der Waals surface area (Å²) in [5, 5.41) is 3.21. The standard InChI is InChI=1S/C9H17N3O4S3/c13-18(14)3-1-7(5-18)10-9(17)12-11-8-2-4-19(15,16)6-8/h7-8,11H,1-6H2,(H2,10,12,17). The van der Waals surface area contributed by atoms with Crippen molar-refractivity contribution in [3.05, 3.63) is 0 Å². The van der Waals surface area contributed by atoms with E-state index < -0.39 is 19.7 Å². The van der Waals surface area contributed by atoms with Gasteiger partial charge in [-0.2, -0.15) is 0 Å². The number of hydrazine groups is 1. The summed E-state index contributed by atoms with van der Waals surface area (Å²) in [5.41, 5.74) is 5.58. The maximum Gasteiger partial charge on any atom is 0.181 e. The highest BCUT2D eigenvalue weighted by Gasteiger charge is 2.29. The van der Waals surface area contributed by atoms with Crippen LogP contribution in [0.4, 0.5) is 0 Å². The van der Waals surface area contributed by atoms with Crippen LogP contribution in [0.5, 0.6) is 0 Å². The Labute approximate surface area is 118 Å². The van der Waals surface area contributed by atoms with Crippen LogP contribution in [0.15, 0.2) is 0 Å². The molecule has 0 aromatic carbocycles. The van der Waals surface area contributed by atoms with E-state index in [0.29, 0.717) is 18.0 Å². The molecule has 2 atom stereocenters. The summed E-state index contributed by atoms with van der Waals surface area (Å²) in [6.45, 7) is 0. The van der Waals surface area contributed by atoms with Crippen LogP contribution in [0.1, 0.15) is 12.8 Å². The molecule has 0 saturated carbocycles. The zero-order valence-electron chi connectivity index (χ0n) is 10.3. The fourth-order valence-electron chi connectivity index (χ4n) is 2.21. The minimum Gasteiger partial charge on any atom is -0.358 e. The number of rotatable bonds is 3. The monoisotopic (exact) mass is 327 g/mol. The Morgan fingerprint density at radius 1 is 0.947 bits per heavy atom. The molecule has 0 aromatic rings. The van der Waals surface area contributed by atoms with Crippen LogP contribution in [0.25, 0.3) is 0 Å². The Hall–Kier alpha value is -0.450. The average Bonchev–Trinajstić information content (AvgIpc) is 2.78. The van der Waals surface area contributed by atoms with E-state index in [9.17, 15) is 16.8 Å². The third-order valence-electron chi connectivity index (χ3n) is 3.19. The molecule has 0 spiro atoms. The van der Waals surface area contributed by atoms with Crippen molar-refractivity contribution >= 4 is 37.0 Å². The van der Waals surface area contributed by atoms with Crippen molar-refractivity contribution in [1.82, 2.24) is 16.2 Å². The van der Waals surface area contributed by atoms with E-state index in [0.717, 1.165) is 0 Å². The van der Waals surface area contributed by atoms with Crippen LogP contribution in [0, 0.1) is 0 Å². The lowest BCUT2D eigenvalue weighted by Crippen LogP contribution is -2.51. The van der Waals surface area contributed by atoms with Crippen molar-refractivity contribution in [3.63, 3.8) is 0 Å². The molecule has 0 aromatic heterocycles. The van der Waals surface area contributed by atoms with Crippen molar-refractivity contribution < 1.29 is 16.8 Å². The maximum atomic E-state index is 11.3. The van der Waals surface area contributed by atoms with Crippen LogP contribution in [0.2, 0.25) is 0 Å². The summed E-state index contributed by atoms with van der Waals surface area (Å²) in [6.07, 6.45) is 1.09. The average molecular weight is 327 g/mol. The first kappa shape index (κ1) is 14.9. The molecule has 2 heterocycles. The van der Waals surface area contributed by atoms with Gasteiger partial charge in [-0.25, -0.2) is 22.3 Å². The third kappa shape index (κ3) is 4.55. The fraction of sp³-hybridized carbons (Fsp3) is 0.889. The predicted molar refractivity (Wildman–Crippen MR) is 76.1 cm³/mol. The first-order valence-corrected chi connectivity index (χ1v) is 10.0. The van der Waals surface area contributed by atoms with Gasteiger partial charge in [0.25, 0.3) is 0 Å². The molecule has 0 aliphatic carbocycles. The Morgan fingerprint density at radius 3 is 1.95 bits per heavy atom. The summed E-state index contributed by atoms with van der Waals surface area (Å²) in [7, 11) is -5.86. The second kappa shape index (κ2) is 5.51. The minimum atomic E-state index is -2.94. The molecule has 2 rings (SSSR count). The normalized spacial score (nSPS) is 32.0. The fourth-order valence-corrected chi connectivity index (χ4v) is 5.78. The summed E-state index contributed by atoms with van der Waals surface area (Å²) < 4.78 is 45.1. The van der Waals surface area contributed by atoms with Crippen molar-refractivity contribution in [2.45, 2.75) is 24.9 Å². The topological polar surface area (TPSA) is 104 Å². The van der Waals surface area contributed by atoms with Gasteiger partial charge < -0.3 is 5.32 Å². The summed E-state index contributed by atoms with van der Waals surface area (Å²) in [6, 6.07) is -0.323. The van der Waals surface area contributed by atoms with Gasteiger partial charge in [-0.3, -0.25) is 5.43 Å². The third-order valence-corrected chi connectivity index (χ3v) is 6.95. The highest BCUT2D eigenvalue weighted by molar-refractivity contribution is 7.92. The minimum absolute atomic E-state index is 0.0899. The Bertz CT molecular complexity index is 557. The van der Waals surface area contributed by atoms with Crippen LogP contribution in [-0.4, -0.2) is 57.0 Å². The van der Waals surface area contributed by atoms with Gasteiger partial charge >= 0.3 is 0 Å². The summed E-state index contributed by atoms with van der Waals surface area (Å²) in [5.74, 6) is 0.558. The lowest BCUT2D eigenvalue weighted by molar-refractivity contribution is 0.518. The van der Waals surface area contributed by atoms with Crippen LogP contribution < -0.4 is 16.2 Å². The lowest BCUT2D eigenvalue weighted by atomic mass is 10.3. The van der Waals surface area contributed by atoms with E-state index in [1.807, 2.05) is 0 Å². The number of hydrogen-bond acceptors (Lipinski definition) is 6. The predicted octanol–water partition coefficient (Wildman–Crippen LogP) is -1.67. The molecule has 2 saturated heterocycles.